The van der Waals surface area contributed by atoms with E-state index in [0.29, 0.717) is 0 Å². The molecule has 0 fully saturated rings. The molecule has 0 atom stereocenters. The van der Waals surface area contributed by atoms with Gasteiger partial charge in [0.25, 0.3) is 0 Å². The maximum absolute atomic E-state index is 10.1. The number of rotatable bonds is 5. The molecule has 21 heavy (non-hydrogen) atoms. The average Bonchev–Trinajstić information content (AvgIpc) is 2.14. The van der Waals surface area contributed by atoms with Crippen molar-refractivity contribution in [2.24, 2.45) is 0 Å². The van der Waals surface area contributed by atoms with Crippen molar-refractivity contribution in [1.29, 1.82) is 0 Å². The molecule has 126 valence electrons. The largest absolute Gasteiger partial charge is 2.00 e. The standard InChI is InChI=1S/C6H8O7.C2H2O4.2Pd/c7-3(8)1-6(13,5(11)12)2-4(9)10;3-1(4)2(5)6;;/h13H,1-2H2,(H,7,8)(H,9,10)(H,11,12);(H,3,4)(H,5,6);;/q;;;+2/p-5. The fraction of sp³-hybridized carbons (Fsp3) is 0.375. The van der Waals surface area contributed by atoms with E-state index in [4.69, 9.17) is 24.9 Å². The van der Waals surface area contributed by atoms with Gasteiger partial charge in [0.2, 0.25) is 0 Å². The van der Waals surface area contributed by atoms with Crippen molar-refractivity contribution in [3.05, 3.63) is 0 Å². The maximum atomic E-state index is 10.1. The van der Waals surface area contributed by atoms with Crippen molar-refractivity contribution < 1.29 is 95.5 Å². The zero-order valence-electron chi connectivity index (χ0n) is 9.58. The molecule has 0 aromatic carbocycles. The van der Waals surface area contributed by atoms with Crippen molar-refractivity contribution in [3.63, 3.8) is 0 Å². The van der Waals surface area contributed by atoms with E-state index < -0.39 is 48.3 Å². The molecule has 0 aromatic heterocycles. The molecule has 0 radical (unpaired) electrons. The van der Waals surface area contributed by atoms with Gasteiger partial charge in [0.1, 0.15) is 5.60 Å². The Morgan fingerprint density at radius 1 is 0.762 bits per heavy atom. The summed E-state index contributed by atoms with van der Waals surface area (Å²) >= 11 is 0. The van der Waals surface area contributed by atoms with Crippen LogP contribution >= 0.6 is 0 Å². The summed E-state index contributed by atoms with van der Waals surface area (Å²) in [7, 11) is 0. The molecular formula is C8H5O11Pd2-3. The summed E-state index contributed by atoms with van der Waals surface area (Å²) in [4.78, 5) is 47.9. The number of aliphatic hydroxyl groups is 1. The van der Waals surface area contributed by atoms with Crippen LogP contribution < -0.4 is 25.5 Å². The van der Waals surface area contributed by atoms with Crippen molar-refractivity contribution in [3.8, 4) is 0 Å². The molecule has 0 aliphatic rings. The Kier molecular flexibility index (Phi) is 16.4. The molecule has 0 bridgehead atoms. The first-order chi connectivity index (χ1) is 8.42. The number of hydrogen-bond donors (Lipinski definition) is 1. The second kappa shape index (κ2) is 12.4. The smallest absolute Gasteiger partial charge is 0.550 e. The molecule has 0 saturated heterocycles. The van der Waals surface area contributed by atoms with Crippen LogP contribution in [0.4, 0.5) is 0 Å². The topological polar surface area (TPSA) is 221 Å². The van der Waals surface area contributed by atoms with Crippen LogP contribution in [0.3, 0.4) is 0 Å². The van der Waals surface area contributed by atoms with Gasteiger partial charge < -0.3 is 54.6 Å². The molecule has 1 N–H and O–H groups in total. The quantitative estimate of drug-likeness (QED) is 0.282. The van der Waals surface area contributed by atoms with Crippen LogP contribution in [0.2, 0.25) is 0 Å². The van der Waals surface area contributed by atoms with Gasteiger partial charge in [0, 0.05) is 45.2 Å². The fourth-order valence-electron chi connectivity index (χ4n) is 0.684. The summed E-state index contributed by atoms with van der Waals surface area (Å²) in [6.45, 7) is 0. The normalized spacial score (nSPS) is 8.81. The van der Waals surface area contributed by atoms with Gasteiger partial charge in [-0.3, -0.25) is 0 Å². The third-order valence-electron chi connectivity index (χ3n) is 1.42. The minimum absolute atomic E-state index is 0. The summed E-state index contributed by atoms with van der Waals surface area (Å²) in [6.07, 6.45) is -2.72. The van der Waals surface area contributed by atoms with Crippen LogP contribution in [0.1, 0.15) is 12.8 Å². The number of hydrogen-bond acceptors (Lipinski definition) is 11. The molecular weight excluding hydrogens is 485 g/mol. The summed E-state index contributed by atoms with van der Waals surface area (Å²) in [5, 5.41) is 56.8. The maximum Gasteiger partial charge on any atom is 2.00 e. The average molecular weight is 490 g/mol. The van der Waals surface area contributed by atoms with Crippen LogP contribution in [0.25, 0.3) is 0 Å². The van der Waals surface area contributed by atoms with Gasteiger partial charge in [-0.25, -0.2) is 0 Å². The fourth-order valence-corrected chi connectivity index (χ4v) is 0.684. The Morgan fingerprint density at radius 2 is 1.00 bits per heavy atom. The molecule has 0 saturated carbocycles. The summed E-state index contributed by atoms with van der Waals surface area (Å²) in [5.74, 6) is -10.4. The van der Waals surface area contributed by atoms with Gasteiger partial charge in [-0.15, -0.1) is 0 Å². The van der Waals surface area contributed by atoms with Crippen molar-refractivity contribution in [2.45, 2.75) is 18.4 Å². The third kappa shape index (κ3) is 14.8. The van der Waals surface area contributed by atoms with E-state index in [9.17, 15) is 29.7 Å². The van der Waals surface area contributed by atoms with Crippen LogP contribution in [-0.4, -0.2) is 40.6 Å². The first-order valence-corrected chi connectivity index (χ1v) is 4.18. The zero-order valence-corrected chi connectivity index (χ0v) is 12.7. The van der Waals surface area contributed by atoms with Gasteiger partial charge >= 0.3 is 20.4 Å². The van der Waals surface area contributed by atoms with Crippen LogP contribution in [0.15, 0.2) is 0 Å². The second-order valence-electron chi connectivity index (χ2n) is 2.99. The number of carbonyl (C=O) groups excluding carboxylic acids is 5. The van der Waals surface area contributed by atoms with Crippen LogP contribution in [0, 0.1) is 0 Å². The molecule has 0 rings (SSSR count). The monoisotopic (exact) mass is 489 g/mol. The Balaban J connectivity index is -0.000000156. The first-order valence-electron chi connectivity index (χ1n) is 4.18. The van der Waals surface area contributed by atoms with Crippen LogP contribution in [-0.2, 0) is 64.8 Å². The molecule has 0 aromatic rings. The molecule has 13 heteroatoms. The SMILES string of the molecule is O=C([O-])C(=O)[O-].O=C([O-])CC(O)(CC(=O)[O-])C(=O)[O-].[Pd+2].[Pd]. The van der Waals surface area contributed by atoms with Gasteiger partial charge in [-0.1, -0.05) is 0 Å². The minimum Gasteiger partial charge on any atom is -0.550 e. The summed E-state index contributed by atoms with van der Waals surface area (Å²) < 4.78 is 0. The number of aliphatic carboxylic acids is 5. The van der Waals surface area contributed by atoms with Gasteiger partial charge in [-0.2, -0.15) is 0 Å². The minimum atomic E-state index is -2.97. The van der Waals surface area contributed by atoms with E-state index in [1.165, 1.54) is 0 Å². The van der Waals surface area contributed by atoms with Gasteiger partial charge in [0.15, 0.2) is 0 Å². The first kappa shape index (κ1) is 27.9. The summed E-state index contributed by atoms with van der Waals surface area (Å²) in [6, 6.07) is 0. The molecule has 0 spiro atoms. The Morgan fingerprint density at radius 3 is 1.10 bits per heavy atom. The van der Waals surface area contributed by atoms with Gasteiger partial charge in [-0.05, 0) is 0 Å². The van der Waals surface area contributed by atoms with E-state index in [1.54, 1.807) is 0 Å². The zero-order chi connectivity index (χ0) is 15.8. The second-order valence-corrected chi connectivity index (χ2v) is 2.99. The molecule has 11 nitrogen and oxygen atoms in total. The molecule has 0 aliphatic carbocycles. The predicted octanol–water partition coefficient (Wildman–Crippen LogP) is -8.77. The van der Waals surface area contributed by atoms with E-state index in [0.717, 1.165) is 0 Å². The number of carboxylic acid groups (broad SMARTS) is 5. The summed E-state index contributed by atoms with van der Waals surface area (Å²) in [5.41, 5.74) is -2.97. The Labute approximate surface area is 143 Å². The van der Waals surface area contributed by atoms with E-state index >= 15 is 0 Å². The van der Waals surface area contributed by atoms with Crippen molar-refractivity contribution in [2.75, 3.05) is 0 Å². The van der Waals surface area contributed by atoms with Gasteiger partial charge in [0.05, 0.1) is 17.9 Å². The number of carbonyl (C=O) groups is 5. The van der Waals surface area contributed by atoms with Crippen LogP contribution in [0.5, 0.6) is 0 Å². The van der Waals surface area contributed by atoms with Crippen molar-refractivity contribution >= 4 is 29.8 Å². The molecule has 0 aliphatic heterocycles. The molecule has 0 unspecified atom stereocenters. The van der Waals surface area contributed by atoms with E-state index in [2.05, 4.69) is 0 Å². The molecule has 0 amide bonds. The number of carboxylic acids is 5. The third-order valence-corrected chi connectivity index (χ3v) is 1.42. The molecule has 0 heterocycles. The van der Waals surface area contributed by atoms with Crippen molar-refractivity contribution in [1.82, 2.24) is 0 Å². The van der Waals surface area contributed by atoms with E-state index in [1.807, 2.05) is 0 Å². The predicted molar refractivity (Wildman–Crippen MR) is 39.2 cm³/mol. The van der Waals surface area contributed by atoms with E-state index in [-0.39, 0.29) is 40.8 Å². The Hall–Kier alpha value is -1.37. The Bertz CT molecular complexity index is 377.